The molecule has 0 aliphatic heterocycles. The van der Waals surface area contributed by atoms with Crippen molar-refractivity contribution in [1.29, 1.82) is 0 Å². The van der Waals surface area contributed by atoms with Crippen LogP contribution in [0.15, 0.2) is 36.4 Å². The molecule has 4 nitrogen and oxygen atoms in total. The molecule has 4 heteroatoms. The minimum atomic E-state index is -0.488. The molecule has 1 aromatic rings. The van der Waals surface area contributed by atoms with Crippen molar-refractivity contribution in [2.24, 2.45) is 11.5 Å². The zero-order chi connectivity index (χ0) is 12.0. The molecule has 1 rings (SSSR count). The number of carbonyl (C=O) groups is 2. The van der Waals surface area contributed by atoms with Crippen LogP contribution in [0.4, 0.5) is 0 Å². The van der Waals surface area contributed by atoms with E-state index >= 15 is 0 Å². The summed E-state index contributed by atoms with van der Waals surface area (Å²) in [6.07, 6.45) is 5.80. The normalized spacial score (nSPS) is 11.0. The lowest BCUT2D eigenvalue weighted by atomic mass is 10.1. The average Bonchev–Trinajstić information content (AvgIpc) is 2.25. The molecule has 4 N–H and O–H groups in total. The molecule has 1 aromatic carbocycles. The molecule has 16 heavy (non-hydrogen) atoms. The maximum atomic E-state index is 10.5. The Morgan fingerprint density at radius 2 is 1.12 bits per heavy atom. The van der Waals surface area contributed by atoms with Crippen molar-refractivity contribution in [3.8, 4) is 0 Å². The molecule has 0 spiro atoms. The Kier molecular flexibility index (Phi) is 4.03. The van der Waals surface area contributed by atoms with Gasteiger partial charge in [-0.1, -0.05) is 24.3 Å². The summed E-state index contributed by atoms with van der Waals surface area (Å²) in [4.78, 5) is 21.0. The van der Waals surface area contributed by atoms with Crippen LogP contribution in [0, 0.1) is 0 Å². The molecule has 0 saturated carbocycles. The van der Waals surface area contributed by atoms with E-state index in [0.717, 1.165) is 11.1 Å². The van der Waals surface area contributed by atoms with Gasteiger partial charge in [-0.15, -0.1) is 0 Å². The van der Waals surface area contributed by atoms with E-state index in [1.807, 2.05) is 0 Å². The highest BCUT2D eigenvalue weighted by atomic mass is 16.1. The van der Waals surface area contributed by atoms with Crippen LogP contribution in [0.25, 0.3) is 12.2 Å². The Labute approximate surface area is 93.2 Å². The molecule has 0 radical (unpaired) electrons. The summed E-state index contributed by atoms with van der Waals surface area (Å²) in [6, 6.07) is 7.22. The SMILES string of the molecule is NC(=O)C=Cc1ccc(/C=C/C(N)=O)cc1. The second-order valence-electron chi connectivity index (χ2n) is 3.14. The largest absolute Gasteiger partial charge is 0.366 e. The van der Waals surface area contributed by atoms with Crippen molar-refractivity contribution in [3.63, 3.8) is 0 Å². The fourth-order valence-corrected chi connectivity index (χ4v) is 1.07. The number of nitrogens with two attached hydrogens (primary N) is 2. The Balaban J connectivity index is 2.75. The maximum Gasteiger partial charge on any atom is 0.241 e. The Morgan fingerprint density at radius 3 is 1.38 bits per heavy atom. The third kappa shape index (κ3) is 4.23. The summed E-state index contributed by atoms with van der Waals surface area (Å²) in [6.45, 7) is 0. The van der Waals surface area contributed by atoms with Gasteiger partial charge in [0.15, 0.2) is 0 Å². The lowest BCUT2D eigenvalue weighted by Crippen LogP contribution is -2.05. The molecule has 0 atom stereocenters. The zero-order valence-electron chi connectivity index (χ0n) is 8.59. The first kappa shape index (κ1) is 11.7. The number of carbonyl (C=O) groups excluding carboxylic acids is 2. The van der Waals surface area contributed by atoms with Crippen LogP contribution in [0.2, 0.25) is 0 Å². The second kappa shape index (κ2) is 5.50. The summed E-state index contributed by atoms with van der Waals surface area (Å²) >= 11 is 0. The van der Waals surface area contributed by atoms with E-state index < -0.39 is 11.8 Å². The van der Waals surface area contributed by atoms with Gasteiger partial charge >= 0.3 is 0 Å². The van der Waals surface area contributed by atoms with E-state index in [1.165, 1.54) is 12.2 Å². The third-order valence-corrected chi connectivity index (χ3v) is 1.82. The summed E-state index contributed by atoms with van der Waals surface area (Å²) in [5.74, 6) is -0.976. The summed E-state index contributed by atoms with van der Waals surface area (Å²) in [5, 5.41) is 0. The Morgan fingerprint density at radius 1 is 0.812 bits per heavy atom. The van der Waals surface area contributed by atoms with Crippen molar-refractivity contribution in [1.82, 2.24) is 0 Å². The predicted octanol–water partition coefficient (Wildman–Crippen LogP) is 0.684. The van der Waals surface area contributed by atoms with Gasteiger partial charge in [0.1, 0.15) is 0 Å². The first-order valence-corrected chi connectivity index (χ1v) is 4.63. The van der Waals surface area contributed by atoms with Crippen molar-refractivity contribution >= 4 is 24.0 Å². The molecule has 0 heterocycles. The number of benzene rings is 1. The number of amides is 2. The van der Waals surface area contributed by atoms with Crippen molar-refractivity contribution in [3.05, 3.63) is 47.5 Å². The Hall–Kier alpha value is -2.36. The fourth-order valence-electron chi connectivity index (χ4n) is 1.07. The monoisotopic (exact) mass is 216 g/mol. The van der Waals surface area contributed by atoms with E-state index in [4.69, 9.17) is 11.5 Å². The molecular formula is C12H12N2O2. The Bertz CT molecular complexity index is 402. The fraction of sp³-hybridized carbons (Fsp3) is 0. The van der Waals surface area contributed by atoms with Crippen LogP contribution in [-0.4, -0.2) is 11.8 Å². The third-order valence-electron chi connectivity index (χ3n) is 1.82. The number of primary amides is 2. The van der Waals surface area contributed by atoms with Gasteiger partial charge < -0.3 is 11.5 Å². The number of hydrogen-bond acceptors (Lipinski definition) is 2. The highest BCUT2D eigenvalue weighted by Gasteiger charge is 1.90. The molecule has 0 aromatic heterocycles. The molecule has 0 bridgehead atoms. The van der Waals surface area contributed by atoms with E-state index in [1.54, 1.807) is 36.4 Å². The minimum Gasteiger partial charge on any atom is -0.366 e. The quantitative estimate of drug-likeness (QED) is 0.725. The summed E-state index contributed by atoms with van der Waals surface area (Å²) in [7, 11) is 0. The standard InChI is InChI=1S/C12H12N2O2/c13-11(15)7-5-9-1-2-10(4-3-9)6-8-12(14)16/h1-8H,(H2,13,15)(H2,14,16)/b7-5+,8-6?. The van der Waals surface area contributed by atoms with E-state index in [-0.39, 0.29) is 0 Å². The second-order valence-corrected chi connectivity index (χ2v) is 3.14. The first-order valence-electron chi connectivity index (χ1n) is 4.63. The van der Waals surface area contributed by atoms with Gasteiger partial charge in [0.25, 0.3) is 0 Å². The van der Waals surface area contributed by atoms with Crippen LogP contribution < -0.4 is 11.5 Å². The highest BCUT2D eigenvalue weighted by Crippen LogP contribution is 2.07. The molecule has 0 aliphatic carbocycles. The lowest BCUT2D eigenvalue weighted by Gasteiger charge is -1.95. The molecule has 0 unspecified atom stereocenters. The smallest absolute Gasteiger partial charge is 0.241 e. The molecule has 0 aliphatic rings. The topological polar surface area (TPSA) is 86.2 Å². The van der Waals surface area contributed by atoms with Crippen molar-refractivity contribution in [2.75, 3.05) is 0 Å². The minimum absolute atomic E-state index is 0.488. The van der Waals surface area contributed by atoms with E-state index in [9.17, 15) is 9.59 Å². The predicted molar refractivity (Wildman–Crippen MR) is 62.9 cm³/mol. The van der Waals surface area contributed by atoms with Crippen LogP contribution >= 0.6 is 0 Å². The molecule has 0 saturated heterocycles. The maximum absolute atomic E-state index is 10.5. The van der Waals surface area contributed by atoms with Crippen LogP contribution in [0.5, 0.6) is 0 Å². The van der Waals surface area contributed by atoms with Crippen LogP contribution in [-0.2, 0) is 9.59 Å². The molecule has 82 valence electrons. The molecular weight excluding hydrogens is 204 g/mol. The van der Waals surface area contributed by atoms with Crippen molar-refractivity contribution in [2.45, 2.75) is 0 Å². The van der Waals surface area contributed by atoms with Crippen molar-refractivity contribution < 1.29 is 9.59 Å². The highest BCUT2D eigenvalue weighted by molar-refractivity contribution is 5.91. The lowest BCUT2D eigenvalue weighted by molar-refractivity contribution is -0.114. The summed E-state index contributed by atoms with van der Waals surface area (Å²) < 4.78 is 0. The van der Waals surface area contributed by atoms with Gasteiger partial charge in [-0.2, -0.15) is 0 Å². The van der Waals surface area contributed by atoms with Gasteiger partial charge in [0.2, 0.25) is 11.8 Å². The van der Waals surface area contributed by atoms with Gasteiger partial charge in [-0.3, -0.25) is 9.59 Å². The van der Waals surface area contributed by atoms with Crippen LogP contribution in [0.3, 0.4) is 0 Å². The van der Waals surface area contributed by atoms with Gasteiger partial charge in [0.05, 0.1) is 0 Å². The number of rotatable bonds is 4. The molecule has 2 amide bonds. The average molecular weight is 216 g/mol. The van der Waals surface area contributed by atoms with Gasteiger partial charge in [-0.05, 0) is 23.3 Å². The first-order chi connectivity index (χ1) is 7.58. The van der Waals surface area contributed by atoms with E-state index in [2.05, 4.69) is 0 Å². The number of hydrogen-bond donors (Lipinski definition) is 2. The summed E-state index contributed by atoms with van der Waals surface area (Å²) in [5.41, 5.74) is 11.6. The molecule has 0 fully saturated rings. The van der Waals surface area contributed by atoms with E-state index in [0.29, 0.717) is 0 Å². The van der Waals surface area contributed by atoms with Gasteiger partial charge in [0, 0.05) is 12.2 Å². The van der Waals surface area contributed by atoms with Crippen LogP contribution in [0.1, 0.15) is 11.1 Å². The van der Waals surface area contributed by atoms with Gasteiger partial charge in [-0.25, -0.2) is 0 Å². The zero-order valence-corrected chi connectivity index (χ0v) is 8.59.